The Balaban J connectivity index is 1.40. The maximum Gasteiger partial charge on any atom is 0.150 e. The first-order valence-corrected chi connectivity index (χ1v) is 12.0. The molecule has 0 aliphatic carbocycles. The molecule has 5 rings (SSSR count). The normalized spacial score (nSPS) is 19.1. The van der Waals surface area contributed by atoms with E-state index in [2.05, 4.69) is 11.8 Å². The Morgan fingerprint density at radius 1 is 0.971 bits per heavy atom. The molecule has 3 aromatic carbocycles. The summed E-state index contributed by atoms with van der Waals surface area (Å²) in [6.45, 7) is 8.24. The zero-order valence-electron chi connectivity index (χ0n) is 20.1. The Morgan fingerprint density at radius 3 is 2.46 bits per heavy atom. The van der Waals surface area contributed by atoms with Crippen molar-refractivity contribution in [1.82, 2.24) is 4.90 Å². The third-order valence-electron chi connectivity index (χ3n) is 6.78. The quantitative estimate of drug-likeness (QED) is 0.509. The summed E-state index contributed by atoms with van der Waals surface area (Å²) in [7, 11) is 0. The van der Waals surface area contributed by atoms with Gasteiger partial charge in [-0.25, -0.2) is 0 Å². The number of rotatable bonds is 6. The smallest absolute Gasteiger partial charge is 0.150 e. The molecule has 0 radical (unpaired) electrons. The molecule has 1 fully saturated rings. The van der Waals surface area contributed by atoms with E-state index in [1.807, 2.05) is 43.3 Å². The van der Waals surface area contributed by atoms with Crippen molar-refractivity contribution in [2.24, 2.45) is 0 Å². The van der Waals surface area contributed by atoms with Crippen LogP contribution in [0.4, 0.5) is 0 Å². The molecule has 0 bridgehead atoms. The molecule has 1 saturated heterocycles. The molecular formula is C29H31NO5. The molecule has 2 aliphatic heterocycles. The highest BCUT2D eigenvalue weighted by Crippen LogP contribution is 2.47. The number of allylic oxidation sites excluding steroid dienone is 1. The van der Waals surface area contributed by atoms with Gasteiger partial charge in [0.25, 0.3) is 0 Å². The first kappa shape index (κ1) is 23.3. The molecule has 1 unspecified atom stereocenters. The van der Waals surface area contributed by atoms with E-state index < -0.39 is 0 Å². The highest BCUT2D eigenvalue weighted by atomic mass is 16.5. The third kappa shape index (κ3) is 4.99. The molecule has 0 amide bonds. The predicted octanol–water partition coefficient (Wildman–Crippen LogP) is 5.26. The standard InChI is InChI=1S/C29H31NO5/c1-19(30-12-14-33-15-13-30)18-34-25-9-6-21(7-10-25)29-28(22-4-3-5-23(31)16-22)20(2)26-17-24(32)8-11-27(26)35-29/h3-11,16-17,19,29,31-32H,12-15,18H2,1-2H3/t19-,29?/m0/s1. The molecule has 2 aliphatic rings. The van der Waals surface area contributed by atoms with Crippen molar-refractivity contribution < 1.29 is 24.4 Å². The molecule has 35 heavy (non-hydrogen) atoms. The largest absolute Gasteiger partial charge is 0.508 e. The van der Waals surface area contributed by atoms with Gasteiger partial charge in [-0.3, -0.25) is 4.90 Å². The van der Waals surface area contributed by atoms with Crippen LogP contribution in [0.2, 0.25) is 0 Å². The number of nitrogens with zero attached hydrogens (tertiary/aromatic N) is 1. The van der Waals surface area contributed by atoms with E-state index in [1.54, 1.807) is 30.3 Å². The summed E-state index contributed by atoms with van der Waals surface area (Å²) in [6.07, 6.45) is -0.366. The number of benzene rings is 3. The molecule has 2 atom stereocenters. The van der Waals surface area contributed by atoms with Crippen LogP contribution in [0.5, 0.6) is 23.0 Å². The van der Waals surface area contributed by atoms with Crippen molar-refractivity contribution in [3.63, 3.8) is 0 Å². The van der Waals surface area contributed by atoms with E-state index in [4.69, 9.17) is 14.2 Å². The number of phenols is 2. The fraction of sp³-hybridized carbons (Fsp3) is 0.310. The lowest BCUT2D eigenvalue weighted by molar-refractivity contribution is 0.0105. The summed E-state index contributed by atoms with van der Waals surface area (Å²) in [5, 5.41) is 20.2. The minimum absolute atomic E-state index is 0.188. The van der Waals surface area contributed by atoms with E-state index in [1.165, 1.54) is 0 Å². The van der Waals surface area contributed by atoms with Crippen molar-refractivity contribution in [2.75, 3.05) is 32.9 Å². The van der Waals surface area contributed by atoms with Crippen molar-refractivity contribution in [3.8, 4) is 23.0 Å². The molecule has 2 N–H and O–H groups in total. The first-order chi connectivity index (χ1) is 17.0. The summed E-state index contributed by atoms with van der Waals surface area (Å²) in [6, 6.07) is 20.7. The van der Waals surface area contributed by atoms with Crippen LogP contribution >= 0.6 is 0 Å². The molecule has 3 aromatic rings. The number of morpholine rings is 1. The molecule has 0 saturated carbocycles. The fourth-order valence-corrected chi connectivity index (χ4v) is 4.80. The monoisotopic (exact) mass is 473 g/mol. The molecular weight excluding hydrogens is 442 g/mol. The zero-order valence-corrected chi connectivity index (χ0v) is 20.1. The summed E-state index contributed by atoms with van der Waals surface area (Å²) in [5.74, 6) is 1.91. The van der Waals surface area contributed by atoms with Crippen LogP contribution < -0.4 is 9.47 Å². The SMILES string of the molecule is CC1=C(c2cccc(O)c2)C(c2ccc(OC[C@H](C)N3CCOCC3)cc2)Oc2ccc(O)cc21. The molecule has 6 heteroatoms. The van der Waals surface area contributed by atoms with Crippen molar-refractivity contribution in [3.05, 3.63) is 83.4 Å². The number of fused-ring (bicyclic) bond motifs is 1. The Bertz CT molecular complexity index is 1210. The van der Waals surface area contributed by atoms with Crippen LogP contribution in [-0.2, 0) is 4.74 Å². The van der Waals surface area contributed by atoms with Gasteiger partial charge in [-0.1, -0.05) is 24.3 Å². The Hall–Kier alpha value is -3.48. The Morgan fingerprint density at radius 2 is 1.71 bits per heavy atom. The lowest BCUT2D eigenvalue weighted by Gasteiger charge is -2.32. The molecule has 182 valence electrons. The van der Waals surface area contributed by atoms with Gasteiger partial charge in [0, 0.05) is 30.3 Å². The van der Waals surface area contributed by atoms with Crippen LogP contribution in [0.15, 0.2) is 66.7 Å². The van der Waals surface area contributed by atoms with E-state index in [0.717, 1.165) is 59.9 Å². The minimum atomic E-state index is -0.366. The van der Waals surface area contributed by atoms with Gasteiger partial charge >= 0.3 is 0 Å². The molecule has 0 aromatic heterocycles. The summed E-state index contributed by atoms with van der Waals surface area (Å²) < 4.78 is 18.0. The molecule has 0 spiro atoms. The average molecular weight is 474 g/mol. The Labute approximate surface area is 206 Å². The lowest BCUT2D eigenvalue weighted by Crippen LogP contribution is -2.44. The van der Waals surface area contributed by atoms with Crippen molar-refractivity contribution in [1.29, 1.82) is 0 Å². The van der Waals surface area contributed by atoms with Gasteiger partial charge < -0.3 is 24.4 Å². The van der Waals surface area contributed by atoms with Crippen LogP contribution in [0.25, 0.3) is 11.1 Å². The summed E-state index contributed by atoms with van der Waals surface area (Å²) in [4.78, 5) is 2.39. The van der Waals surface area contributed by atoms with Crippen molar-refractivity contribution in [2.45, 2.75) is 26.0 Å². The van der Waals surface area contributed by atoms with E-state index in [-0.39, 0.29) is 17.6 Å². The highest BCUT2D eigenvalue weighted by Gasteiger charge is 2.29. The number of hydrogen-bond acceptors (Lipinski definition) is 6. The second-order valence-corrected chi connectivity index (χ2v) is 9.14. The first-order valence-electron chi connectivity index (χ1n) is 12.0. The zero-order chi connectivity index (χ0) is 24.4. The van der Waals surface area contributed by atoms with Gasteiger partial charge in [0.05, 0.1) is 13.2 Å². The predicted molar refractivity (Wildman–Crippen MR) is 136 cm³/mol. The topological polar surface area (TPSA) is 71.4 Å². The van der Waals surface area contributed by atoms with Gasteiger partial charge in [0.2, 0.25) is 0 Å². The summed E-state index contributed by atoms with van der Waals surface area (Å²) >= 11 is 0. The lowest BCUT2D eigenvalue weighted by atomic mass is 9.86. The van der Waals surface area contributed by atoms with E-state index in [9.17, 15) is 10.2 Å². The van der Waals surface area contributed by atoms with Gasteiger partial charge in [0.15, 0.2) is 0 Å². The number of phenolic OH excluding ortho intramolecular Hbond substituents is 2. The van der Waals surface area contributed by atoms with Crippen LogP contribution in [0.1, 0.15) is 36.6 Å². The maximum absolute atomic E-state index is 10.1. The van der Waals surface area contributed by atoms with Crippen LogP contribution in [0, 0.1) is 0 Å². The Kier molecular flexibility index (Phi) is 6.66. The third-order valence-corrected chi connectivity index (χ3v) is 6.78. The molecule has 6 nitrogen and oxygen atoms in total. The van der Waals surface area contributed by atoms with Gasteiger partial charge in [0.1, 0.15) is 35.7 Å². The van der Waals surface area contributed by atoms with E-state index in [0.29, 0.717) is 18.4 Å². The van der Waals surface area contributed by atoms with Crippen molar-refractivity contribution >= 4 is 11.1 Å². The number of hydrogen-bond donors (Lipinski definition) is 2. The van der Waals surface area contributed by atoms with Gasteiger partial charge in [-0.05, 0) is 73.0 Å². The average Bonchev–Trinajstić information content (AvgIpc) is 2.88. The van der Waals surface area contributed by atoms with Gasteiger partial charge in [-0.15, -0.1) is 0 Å². The summed E-state index contributed by atoms with van der Waals surface area (Å²) in [5.41, 5.74) is 4.65. The number of aromatic hydroxyl groups is 2. The van der Waals surface area contributed by atoms with E-state index >= 15 is 0 Å². The number of ether oxygens (including phenoxy) is 3. The fourth-order valence-electron chi connectivity index (χ4n) is 4.80. The maximum atomic E-state index is 10.1. The van der Waals surface area contributed by atoms with Crippen LogP contribution in [0.3, 0.4) is 0 Å². The highest BCUT2D eigenvalue weighted by molar-refractivity contribution is 5.95. The van der Waals surface area contributed by atoms with Gasteiger partial charge in [-0.2, -0.15) is 0 Å². The second-order valence-electron chi connectivity index (χ2n) is 9.14. The second kappa shape index (κ2) is 10.0. The molecule has 2 heterocycles. The minimum Gasteiger partial charge on any atom is -0.508 e. The van der Waals surface area contributed by atoms with Crippen LogP contribution in [-0.4, -0.2) is 54.1 Å².